The van der Waals surface area contributed by atoms with Crippen LogP contribution in [0.5, 0.6) is 0 Å². The van der Waals surface area contributed by atoms with Crippen LogP contribution in [0.3, 0.4) is 0 Å². The Kier molecular flexibility index (Phi) is 25.1. The second-order valence-corrected chi connectivity index (χ2v) is 18.7. The summed E-state index contributed by atoms with van der Waals surface area (Å²) in [6, 6.07) is 9.52. The molecule has 0 heterocycles. The minimum absolute atomic E-state index is 0.863. The average molecular weight is 811 g/mol. The topological polar surface area (TPSA) is 83.1 Å². The van der Waals surface area contributed by atoms with Gasteiger partial charge in [-0.1, -0.05) is 66.6 Å². The predicted molar refractivity (Wildman–Crippen MR) is 166 cm³/mol. The van der Waals surface area contributed by atoms with Crippen LogP contribution in [0, 0.1) is 0 Å². The molecular formula is C21H43Br2IO9Si3. The van der Waals surface area contributed by atoms with Crippen LogP contribution in [-0.4, -0.2) is 100 Å². The summed E-state index contributed by atoms with van der Waals surface area (Å²) in [7, 11) is 7.48. The third-order valence-corrected chi connectivity index (χ3v) is 15.3. The highest BCUT2D eigenvalue weighted by molar-refractivity contribution is 14.1. The highest BCUT2D eigenvalue weighted by atomic mass is 127. The van der Waals surface area contributed by atoms with Gasteiger partial charge in [-0.3, -0.25) is 0 Å². The number of rotatable bonds is 16. The first-order valence-corrected chi connectivity index (χ1v) is 20.0. The molecule has 214 valence electrons. The van der Waals surface area contributed by atoms with E-state index in [1.807, 2.05) is 24.3 Å². The highest BCUT2D eigenvalue weighted by Gasteiger charge is 2.40. The molecule has 15 heteroatoms. The van der Waals surface area contributed by atoms with Gasteiger partial charge in [0.1, 0.15) is 0 Å². The normalized spacial score (nSPS) is 11.9. The van der Waals surface area contributed by atoms with Crippen LogP contribution in [-0.2, 0) is 39.8 Å². The fourth-order valence-corrected chi connectivity index (χ4v) is 10.3. The van der Waals surface area contributed by atoms with Crippen molar-refractivity contribution in [1.29, 1.82) is 0 Å². The molecule has 0 bridgehead atoms. The van der Waals surface area contributed by atoms with Crippen LogP contribution in [0.2, 0.25) is 12.1 Å². The van der Waals surface area contributed by atoms with Crippen LogP contribution < -0.4 is 5.19 Å². The minimum Gasteiger partial charge on any atom is -0.377 e. The van der Waals surface area contributed by atoms with E-state index in [9.17, 15) is 0 Å². The van der Waals surface area contributed by atoms with Crippen LogP contribution in [0.1, 0.15) is 12.8 Å². The van der Waals surface area contributed by atoms with Gasteiger partial charge in [-0.25, -0.2) is 0 Å². The highest BCUT2D eigenvalue weighted by Crippen LogP contribution is 2.16. The van der Waals surface area contributed by atoms with Crippen LogP contribution >= 0.6 is 54.5 Å². The molecule has 0 fully saturated rings. The summed E-state index contributed by atoms with van der Waals surface area (Å²) in [5, 5.41) is 1.91. The summed E-state index contributed by atoms with van der Waals surface area (Å²) >= 11 is 9.05. The average Bonchev–Trinajstić information content (AvgIpc) is 2.94. The summed E-state index contributed by atoms with van der Waals surface area (Å²) in [5.41, 5.74) is 0. The molecule has 0 spiro atoms. The van der Waals surface area contributed by atoms with E-state index < -0.39 is 26.4 Å². The van der Waals surface area contributed by atoms with Gasteiger partial charge in [0.25, 0.3) is 0 Å². The molecule has 1 aromatic rings. The van der Waals surface area contributed by atoms with Gasteiger partial charge in [0.05, 0.1) is 0 Å². The lowest BCUT2D eigenvalue weighted by Gasteiger charge is -2.24. The molecule has 0 N–H and O–H groups in total. The van der Waals surface area contributed by atoms with E-state index in [0.29, 0.717) is 0 Å². The van der Waals surface area contributed by atoms with E-state index in [1.54, 1.807) is 64.0 Å². The molecule has 0 radical (unpaired) electrons. The largest absolute Gasteiger partial charge is 0.536 e. The quantitative estimate of drug-likeness (QED) is 0.132. The van der Waals surface area contributed by atoms with Crippen molar-refractivity contribution in [3.05, 3.63) is 28.7 Å². The van der Waals surface area contributed by atoms with Crippen LogP contribution in [0.4, 0.5) is 0 Å². The zero-order valence-electron chi connectivity index (χ0n) is 22.9. The molecule has 0 aliphatic rings. The molecule has 0 amide bonds. The van der Waals surface area contributed by atoms with Crippen molar-refractivity contribution < 1.29 is 39.8 Å². The van der Waals surface area contributed by atoms with E-state index in [1.165, 1.54) is 0 Å². The summed E-state index contributed by atoms with van der Waals surface area (Å²) < 4.78 is 49.5. The van der Waals surface area contributed by atoms with E-state index in [-0.39, 0.29) is 0 Å². The molecule has 36 heavy (non-hydrogen) atoms. The number of hydrogen-bond acceptors (Lipinski definition) is 9. The van der Waals surface area contributed by atoms with Gasteiger partial charge in [-0.15, -0.1) is 0 Å². The van der Waals surface area contributed by atoms with Gasteiger partial charge in [0.2, 0.25) is 0 Å². The third-order valence-electron chi connectivity index (χ3n) is 5.10. The zero-order chi connectivity index (χ0) is 28.1. The Bertz CT molecular complexity index is 591. The Labute approximate surface area is 251 Å². The Morgan fingerprint density at radius 3 is 1.25 bits per heavy atom. The van der Waals surface area contributed by atoms with Crippen molar-refractivity contribution in [2.75, 3.05) is 73.7 Å². The van der Waals surface area contributed by atoms with Crippen molar-refractivity contribution in [3.63, 3.8) is 0 Å². The lowest BCUT2D eigenvalue weighted by Crippen LogP contribution is -2.54. The van der Waals surface area contributed by atoms with E-state index in [0.717, 1.165) is 44.3 Å². The molecule has 0 unspecified atom stereocenters. The van der Waals surface area contributed by atoms with Crippen LogP contribution in [0.15, 0.2) is 28.7 Å². The molecule has 9 nitrogen and oxygen atoms in total. The number of hydrogen-bond donors (Lipinski definition) is 0. The van der Waals surface area contributed by atoms with Crippen molar-refractivity contribution in [2.24, 2.45) is 0 Å². The Balaban J connectivity index is 0. The van der Waals surface area contributed by atoms with Crippen molar-refractivity contribution >= 4 is 86.1 Å². The Morgan fingerprint density at radius 2 is 0.972 bits per heavy atom. The molecule has 0 saturated carbocycles. The second kappa shape index (κ2) is 23.0. The SMILES string of the molecule is CO[Si](CCCBr)(OC)OC.CO[Si](CCCI)(OC)OC.CO[Si](OC)(OC)c1ccc(Br)cc1. The number of benzene rings is 1. The van der Waals surface area contributed by atoms with Gasteiger partial charge in [-0.2, -0.15) is 0 Å². The van der Waals surface area contributed by atoms with Crippen molar-refractivity contribution in [2.45, 2.75) is 24.9 Å². The lowest BCUT2D eigenvalue weighted by atomic mass is 10.4. The van der Waals surface area contributed by atoms with E-state index in [4.69, 9.17) is 39.8 Å². The lowest BCUT2D eigenvalue weighted by molar-refractivity contribution is 0.123. The first kappa shape index (κ1) is 39.3. The Hall–Kier alpha value is 1.20. The minimum atomic E-state index is -2.64. The molecule has 1 rings (SSSR count). The fraction of sp³-hybridized carbons (Fsp3) is 0.714. The summed E-state index contributed by atoms with van der Waals surface area (Å²) in [4.78, 5) is 0. The maximum Gasteiger partial charge on any atom is 0.536 e. The standard InChI is InChI=1S/C9H13BrO3Si.C6H15BrO3Si.C6H15IO3Si/c1-11-14(12-2,13-3)9-6-4-8(10)5-7-9;2*1-8-11(9-2,10-3)6-4-5-7/h4-7H,1-3H3;2*4-6H2,1-3H3. The van der Waals surface area contributed by atoms with E-state index >= 15 is 0 Å². The maximum absolute atomic E-state index is 5.34. The monoisotopic (exact) mass is 808 g/mol. The molecule has 1 aromatic carbocycles. The molecule has 0 aromatic heterocycles. The fourth-order valence-electron chi connectivity index (χ4n) is 2.94. The second-order valence-electron chi connectivity index (χ2n) is 6.85. The summed E-state index contributed by atoms with van der Waals surface area (Å²) in [6.07, 6.45) is 2.10. The summed E-state index contributed by atoms with van der Waals surface area (Å²) in [5.74, 6) is 0. The number of halogens is 3. The zero-order valence-corrected chi connectivity index (χ0v) is 31.2. The summed E-state index contributed by atoms with van der Waals surface area (Å²) in [6.45, 7) is 0. The molecule has 0 aliphatic carbocycles. The van der Waals surface area contributed by atoms with Crippen LogP contribution in [0.25, 0.3) is 0 Å². The smallest absolute Gasteiger partial charge is 0.377 e. The molecule has 0 atom stereocenters. The molecular weight excluding hydrogens is 767 g/mol. The maximum atomic E-state index is 5.34. The van der Waals surface area contributed by atoms with Crippen molar-refractivity contribution in [3.8, 4) is 0 Å². The van der Waals surface area contributed by atoms with Gasteiger partial charge in [-0.05, 0) is 29.4 Å². The van der Waals surface area contributed by atoms with Crippen molar-refractivity contribution in [1.82, 2.24) is 0 Å². The molecule has 0 saturated heterocycles. The third kappa shape index (κ3) is 14.0. The van der Waals surface area contributed by atoms with Gasteiger partial charge in [0, 0.05) is 91.1 Å². The van der Waals surface area contributed by atoms with Gasteiger partial charge < -0.3 is 39.8 Å². The molecule has 0 aliphatic heterocycles. The van der Waals surface area contributed by atoms with Gasteiger partial charge >= 0.3 is 26.4 Å². The number of alkyl halides is 2. The first-order chi connectivity index (χ1) is 17.2. The Morgan fingerprint density at radius 1 is 0.611 bits per heavy atom. The first-order valence-electron chi connectivity index (χ1n) is 11.0. The predicted octanol–water partition coefficient (Wildman–Crippen LogP) is 4.87. The van der Waals surface area contributed by atoms with Gasteiger partial charge in [0.15, 0.2) is 0 Å². The van der Waals surface area contributed by atoms with E-state index in [2.05, 4.69) is 54.5 Å².